The molecule has 0 bridgehead atoms. The van der Waals surface area contributed by atoms with Gasteiger partial charge >= 0.3 is 0 Å². The van der Waals surface area contributed by atoms with E-state index >= 15 is 0 Å². The van der Waals surface area contributed by atoms with Crippen molar-refractivity contribution in [3.63, 3.8) is 0 Å². The quantitative estimate of drug-likeness (QED) is 0.594. The lowest BCUT2D eigenvalue weighted by Crippen LogP contribution is -2.36. The molecule has 0 spiro atoms. The smallest absolute Gasteiger partial charge is 0.253 e. The second-order valence-electron chi connectivity index (χ2n) is 7.86. The number of carbonyl (C=O) groups is 1. The average molecular weight is 407 g/mol. The van der Waals surface area contributed by atoms with Gasteiger partial charge in [0.05, 0.1) is 24.1 Å². The summed E-state index contributed by atoms with van der Waals surface area (Å²) < 4.78 is 21.9. The molecule has 1 aromatic heterocycles. The molecule has 0 saturated heterocycles. The summed E-state index contributed by atoms with van der Waals surface area (Å²) >= 11 is 0. The summed E-state index contributed by atoms with van der Waals surface area (Å²) in [4.78, 5) is 13.1. The van der Waals surface area contributed by atoms with Crippen LogP contribution in [0.2, 0.25) is 0 Å². The number of methoxy groups -OCH3 is 1. The Labute approximate surface area is 176 Å². The van der Waals surface area contributed by atoms with Gasteiger partial charge in [-0.05, 0) is 50.1 Å². The van der Waals surface area contributed by atoms with Crippen LogP contribution in [0.25, 0.3) is 16.9 Å². The number of hydrogen-bond acceptors (Lipinski definition) is 2. The summed E-state index contributed by atoms with van der Waals surface area (Å²) in [7, 11) is 1.61. The topological polar surface area (TPSA) is 43.3 Å². The zero-order valence-electron chi connectivity index (χ0n) is 17.5. The van der Waals surface area contributed by atoms with Gasteiger partial charge in [0.1, 0.15) is 11.6 Å². The lowest BCUT2D eigenvalue weighted by molar-refractivity contribution is 0.0927. The van der Waals surface area contributed by atoms with Crippen LogP contribution in [0.4, 0.5) is 4.39 Å². The minimum absolute atomic E-state index is 0.0985. The monoisotopic (exact) mass is 406 g/mol. The molecule has 0 radical (unpaired) electrons. The molecule has 3 aromatic rings. The van der Waals surface area contributed by atoms with Crippen LogP contribution in [0.1, 0.15) is 48.2 Å². The highest BCUT2D eigenvalue weighted by Gasteiger charge is 2.23. The number of halogens is 1. The van der Waals surface area contributed by atoms with Gasteiger partial charge in [-0.3, -0.25) is 4.79 Å². The Morgan fingerprint density at radius 1 is 1.07 bits per heavy atom. The lowest BCUT2D eigenvalue weighted by atomic mass is 9.95. The number of nitrogens with zero attached hydrogens (tertiary/aromatic N) is 1. The van der Waals surface area contributed by atoms with Crippen LogP contribution in [-0.4, -0.2) is 23.6 Å². The zero-order valence-corrected chi connectivity index (χ0v) is 17.5. The van der Waals surface area contributed by atoms with Crippen molar-refractivity contribution in [2.24, 2.45) is 0 Å². The Kier molecular flexibility index (Phi) is 5.88. The summed E-state index contributed by atoms with van der Waals surface area (Å²) in [5.41, 5.74) is 3.32. The summed E-state index contributed by atoms with van der Waals surface area (Å²) in [5, 5.41) is 3.19. The molecule has 0 aliphatic heterocycles. The molecule has 4 rings (SSSR count). The molecule has 1 saturated carbocycles. The van der Waals surface area contributed by atoms with Crippen LogP contribution in [0.15, 0.2) is 54.6 Å². The van der Waals surface area contributed by atoms with E-state index in [1.807, 2.05) is 41.8 Å². The van der Waals surface area contributed by atoms with Gasteiger partial charge in [-0.1, -0.05) is 43.5 Å². The van der Waals surface area contributed by atoms with Gasteiger partial charge in [-0.2, -0.15) is 0 Å². The first kappa shape index (κ1) is 20.2. The van der Waals surface area contributed by atoms with Crippen molar-refractivity contribution >= 4 is 5.91 Å². The molecule has 156 valence electrons. The Morgan fingerprint density at radius 3 is 2.57 bits per heavy atom. The minimum atomic E-state index is -0.334. The summed E-state index contributed by atoms with van der Waals surface area (Å²) in [6.45, 7) is 1.87. The van der Waals surface area contributed by atoms with Crippen molar-refractivity contribution in [3.05, 3.63) is 71.7 Å². The van der Waals surface area contributed by atoms with E-state index in [0.717, 1.165) is 36.9 Å². The van der Waals surface area contributed by atoms with E-state index in [2.05, 4.69) is 5.32 Å². The molecule has 1 N–H and O–H groups in total. The van der Waals surface area contributed by atoms with Crippen molar-refractivity contribution in [2.75, 3.05) is 7.11 Å². The minimum Gasteiger partial charge on any atom is -0.497 e. The first-order valence-corrected chi connectivity index (χ1v) is 10.5. The fourth-order valence-electron chi connectivity index (χ4n) is 4.29. The molecule has 4 nitrogen and oxygen atoms in total. The van der Waals surface area contributed by atoms with Crippen molar-refractivity contribution in [1.29, 1.82) is 0 Å². The Balaban J connectivity index is 1.80. The fraction of sp³-hybridized carbons (Fsp3) is 0.320. The van der Waals surface area contributed by atoms with Crippen LogP contribution >= 0.6 is 0 Å². The standard InChI is InChI=1S/C25H27FN2O2/c1-17-21(25(29)27-19-10-4-3-5-11-19)16-24(18-9-8-12-20(15-18)30-2)28(17)23-14-7-6-13-22(23)26/h6-9,12-16,19H,3-5,10-11H2,1-2H3,(H,27,29). The highest BCUT2D eigenvalue weighted by Crippen LogP contribution is 2.32. The van der Waals surface area contributed by atoms with E-state index in [4.69, 9.17) is 4.74 Å². The van der Waals surface area contributed by atoms with Crippen molar-refractivity contribution in [2.45, 2.75) is 45.1 Å². The number of amides is 1. The second-order valence-corrected chi connectivity index (χ2v) is 7.86. The third-order valence-electron chi connectivity index (χ3n) is 5.89. The van der Waals surface area contributed by atoms with E-state index in [9.17, 15) is 9.18 Å². The first-order valence-electron chi connectivity index (χ1n) is 10.5. The third-order valence-corrected chi connectivity index (χ3v) is 5.89. The maximum atomic E-state index is 14.7. The molecule has 5 heteroatoms. The predicted molar refractivity (Wildman–Crippen MR) is 117 cm³/mol. The normalized spacial score (nSPS) is 14.5. The van der Waals surface area contributed by atoms with Crippen molar-refractivity contribution < 1.29 is 13.9 Å². The van der Waals surface area contributed by atoms with E-state index in [1.165, 1.54) is 12.5 Å². The molecular weight excluding hydrogens is 379 g/mol. The summed E-state index contributed by atoms with van der Waals surface area (Å²) in [5.74, 6) is 0.276. The van der Waals surface area contributed by atoms with E-state index in [1.54, 1.807) is 25.3 Å². The lowest BCUT2D eigenvalue weighted by Gasteiger charge is -2.22. The van der Waals surface area contributed by atoms with Gasteiger partial charge < -0.3 is 14.6 Å². The molecule has 1 heterocycles. The third kappa shape index (κ3) is 3.97. The molecule has 1 aliphatic carbocycles. The van der Waals surface area contributed by atoms with E-state index < -0.39 is 0 Å². The first-order chi connectivity index (χ1) is 14.6. The zero-order chi connectivity index (χ0) is 21.1. The number of nitrogens with one attached hydrogen (secondary N) is 1. The van der Waals surface area contributed by atoms with E-state index in [0.29, 0.717) is 22.7 Å². The van der Waals surface area contributed by atoms with Crippen molar-refractivity contribution in [1.82, 2.24) is 9.88 Å². The summed E-state index contributed by atoms with van der Waals surface area (Å²) in [6.07, 6.45) is 5.56. The molecule has 0 unspecified atom stereocenters. The van der Waals surface area contributed by atoms with Crippen LogP contribution < -0.4 is 10.1 Å². The molecule has 30 heavy (non-hydrogen) atoms. The molecule has 1 amide bonds. The highest BCUT2D eigenvalue weighted by atomic mass is 19.1. The Hall–Kier alpha value is -3.08. The average Bonchev–Trinajstić information content (AvgIpc) is 3.12. The number of aromatic nitrogens is 1. The maximum Gasteiger partial charge on any atom is 0.253 e. The number of hydrogen-bond donors (Lipinski definition) is 1. The number of benzene rings is 2. The van der Waals surface area contributed by atoms with E-state index in [-0.39, 0.29) is 17.8 Å². The van der Waals surface area contributed by atoms with Crippen LogP contribution in [0.5, 0.6) is 5.75 Å². The largest absolute Gasteiger partial charge is 0.497 e. The SMILES string of the molecule is COc1cccc(-c2cc(C(=O)NC3CCCCC3)c(C)n2-c2ccccc2F)c1. The van der Waals surface area contributed by atoms with Crippen molar-refractivity contribution in [3.8, 4) is 22.7 Å². The van der Waals surface area contributed by atoms with Gasteiger partial charge in [0.25, 0.3) is 5.91 Å². The molecule has 0 atom stereocenters. The second kappa shape index (κ2) is 8.74. The number of para-hydroxylation sites is 1. The van der Waals surface area contributed by atoms with Crippen LogP contribution in [0, 0.1) is 12.7 Å². The molecule has 1 aliphatic rings. The molecular formula is C25H27FN2O2. The predicted octanol–water partition coefficient (Wildman–Crippen LogP) is 5.66. The van der Waals surface area contributed by atoms with Crippen LogP contribution in [0.3, 0.4) is 0 Å². The Morgan fingerprint density at radius 2 is 1.83 bits per heavy atom. The fourth-order valence-corrected chi connectivity index (χ4v) is 4.29. The van der Waals surface area contributed by atoms with Gasteiger partial charge in [0.15, 0.2) is 0 Å². The van der Waals surface area contributed by atoms with Gasteiger partial charge in [-0.15, -0.1) is 0 Å². The summed E-state index contributed by atoms with van der Waals surface area (Å²) in [6, 6.07) is 16.3. The van der Waals surface area contributed by atoms with Gasteiger partial charge in [0.2, 0.25) is 0 Å². The Bertz CT molecular complexity index is 1050. The molecule has 1 fully saturated rings. The van der Waals surface area contributed by atoms with Gasteiger partial charge in [0, 0.05) is 17.3 Å². The number of carbonyl (C=O) groups excluding carboxylic acids is 1. The maximum absolute atomic E-state index is 14.7. The highest BCUT2D eigenvalue weighted by molar-refractivity contribution is 5.97. The van der Waals surface area contributed by atoms with Gasteiger partial charge in [-0.25, -0.2) is 4.39 Å². The number of rotatable bonds is 5. The van der Waals surface area contributed by atoms with Crippen LogP contribution in [-0.2, 0) is 0 Å². The molecule has 2 aromatic carbocycles. The number of ether oxygens (including phenoxy) is 1.